The number of aromatic hydroxyl groups is 1. The van der Waals surface area contributed by atoms with E-state index in [-0.39, 0.29) is 29.6 Å². The highest BCUT2D eigenvalue weighted by molar-refractivity contribution is 6.04. The van der Waals surface area contributed by atoms with Crippen molar-refractivity contribution in [3.63, 3.8) is 0 Å². The van der Waals surface area contributed by atoms with Crippen molar-refractivity contribution in [2.75, 3.05) is 0 Å². The van der Waals surface area contributed by atoms with E-state index < -0.39 is 5.60 Å². The number of carbonyl (C=O) groups is 1. The Morgan fingerprint density at radius 2 is 1.96 bits per heavy atom. The minimum absolute atomic E-state index is 0.0913. The second-order valence-electron chi connectivity index (χ2n) is 6.69. The van der Waals surface area contributed by atoms with E-state index in [0.717, 1.165) is 5.56 Å². The van der Waals surface area contributed by atoms with Crippen molar-refractivity contribution >= 4 is 11.9 Å². The topological polar surface area (TPSA) is 55.8 Å². The molecule has 24 heavy (non-hydrogen) atoms. The standard InChI is InChI=1S/C20H18O4/c1-20(2)9-8-13-17(24-20)11-15(22)18-14(21)10-16(23-19(13)18)12-6-4-3-5-7-12/h3-9,11,16,22H,10H2,1-2H3. The number of carbonyl (C=O) groups excluding carboxylic acids is 1. The third-order valence-corrected chi connectivity index (χ3v) is 4.37. The number of phenolic OH excluding ortho intramolecular Hbond substituents is 1. The van der Waals surface area contributed by atoms with Gasteiger partial charge in [0.15, 0.2) is 5.78 Å². The number of ether oxygens (including phenoxy) is 2. The lowest BCUT2D eigenvalue weighted by Crippen LogP contribution is -2.28. The Bertz CT molecular complexity index is 850. The highest BCUT2D eigenvalue weighted by Crippen LogP contribution is 2.48. The van der Waals surface area contributed by atoms with Gasteiger partial charge >= 0.3 is 0 Å². The van der Waals surface area contributed by atoms with E-state index in [2.05, 4.69) is 0 Å². The monoisotopic (exact) mass is 322 g/mol. The maximum absolute atomic E-state index is 12.6. The largest absolute Gasteiger partial charge is 0.507 e. The zero-order valence-electron chi connectivity index (χ0n) is 13.6. The number of fused-ring (bicyclic) bond motifs is 3. The maximum Gasteiger partial charge on any atom is 0.174 e. The molecule has 0 spiro atoms. The normalized spacial score (nSPS) is 20.6. The molecule has 2 aromatic carbocycles. The summed E-state index contributed by atoms with van der Waals surface area (Å²) in [6.45, 7) is 3.86. The van der Waals surface area contributed by atoms with Gasteiger partial charge in [-0.15, -0.1) is 0 Å². The third kappa shape index (κ3) is 2.35. The summed E-state index contributed by atoms with van der Waals surface area (Å²) in [5.74, 6) is 0.720. The van der Waals surface area contributed by atoms with Crippen LogP contribution in [0, 0.1) is 0 Å². The van der Waals surface area contributed by atoms with Crippen molar-refractivity contribution < 1.29 is 19.4 Å². The Balaban J connectivity index is 1.84. The molecule has 2 heterocycles. The third-order valence-electron chi connectivity index (χ3n) is 4.37. The molecule has 4 rings (SSSR count). The van der Waals surface area contributed by atoms with Gasteiger partial charge in [-0.05, 0) is 31.6 Å². The summed E-state index contributed by atoms with van der Waals surface area (Å²) in [4.78, 5) is 12.6. The number of Topliss-reactive ketones (excluding diaryl/α,β-unsaturated/α-hetero) is 1. The highest BCUT2D eigenvalue weighted by Gasteiger charge is 2.35. The first-order valence-electron chi connectivity index (χ1n) is 7.97. The molecule has 4 nitrogen and oxygen atoms in total. The van der Waals surface area contributed by atoms with E-state index in [1.807, 2.05) is 56.3 Å². The van der Waals surface area contributed by atoms with Gasteiger partial charge in [-0.1, -0.05) is 30.3 Å². The van der Waals surface area contributed by atoms with Gasteiger partial charge in [-0.25, -0.2) is 0 Å². The fourth-order valence-corrected chi connectivity index (χ4v) is 3.18. The zero-order valence-corrected chi connectivity index (χ0v) is 13.6. The number of ketones is 1. The van der Waals surface area contributed by atoms with Crippen LogP contribution in [0.15, 0.2) is 42.5 Å². The van der Waals surface area contributed by atoms with Crippen LogP contribution >= 0.6 is 0 Å². The molecule has 0 amide bonds. The lowest BCUT2D eigenvalue weighted by Gasteiger charge is -2.32. The molecule has 0 bridgehead atoms. The Morgan fingerprint density at radius 1 is 1.21 bits per heavy atom. The molecule has 1 N–H and O–H groups in total. The summed E-state index contributed by atoms with van der Waals surface area (Å²) in [5.41, 5.74) is 1.42. The highest BCUT2D eigenvalue weighted by atomic mass is 16.5. The number of phenols is 1. The molecular formula is C20H18O4. The summed E-state index contributed by atoms with van der Waals surface area (Å²) in [5, 5.41) is 10.3. The smallest absolute Gasteiger partial charge is 0.174 e. The molecule has 4 heteroatoms. The van der Waals surface area contributed by atoms with Crippen LogP contribution < -0.4 is 9.47 Å². The molecule has 122 valence electrons. The summed E-state index contributed by atoms with van der Waals surface area (Å²) in [6, 6.07) is 11.1. The molecule has 1 unspecified atom stereocenters. The molecule has 2 aromatic rings. The van der Waals surface area contributed by atoms with Gasteiger partial charge in [0.25, 0.3) is 0 Å². The molecule has 2 aliphatic heterocycles. The van der Waals surface area contributed by atoms with Crippen LogP contribution in [0.4, 0.5) is 0 Å². The average molecular weight is 322 g/mol. The van der Waals surface area contributed by atoms with Gasteiger partial charge in [-0.3, -0.25) is 4.79 Å². The van der Waals surface area contributed by atoms with Gasteiger partial charge in [0.2, 0.25) is 0 Å². The predicted molar refractivity (Wildman–Crippen MR) is 90.6 cm³/mol. The molecule has 0 saturated heterocycles. The van der Waals surface area contributed by atoms with Gasteiger partial charge in [0, 0.05) is 6.07 Å². The Kier molecular flexibility index (Phi) is 3.17. The first kappa shape index (κ1) is 14.8. The Morgan fingerprint density at radius 3 is 2.71 bits per heavy atom. The van der Waals surface area contributed by atoms with Crippen LogP contribution in [0.2, 0.25) is 0 Å². The zero-order chi connectivity index (χ0) is 16.9. The fraction of sp³-hybridized carbons (Fsp3) is 0.250. The van der Waals surface area contributed by atoms with E-state index in [4.69, 9.17) is 9.47 Å². The second-order valence-corrected chi connectivity index (χ2v) is 6.69. The van der Waals surface area contributed by atoms with Crippen LogP contribution in [0.25, 0.3) is 6.08 Å². The van der Waals surface area contributed by atoms with E-state index in [9.17, 15) is 9.90 Å². The first-order chi connectivity index (χ1) is 11.4. The molecular weight excluding hydrogens is 304 g/mol. The van der Waals surface area contributed by atoms with E-state index in [1.165, 1.54) is 6.07 Å². The lowest BCUT2D eigenvalue weighted by atomic mass is 9.91. The van der Waals surface area contributed by atoms with Gasteiger partial charge < -0.3 is 14.6 Å². The summed E-state index contributed by atoms with van der Waals surface area (Å²) in [6.07, 6.45) is 3.67. The van der Waals surface area contributed by atoms with Gasteiger partial charge in [0.05, 0.1) is 12.0 Å². The molecule has 0 saturated carbocycles. The number of hydrogen-bond donors (Lipinski definition) is 1. The number of rotatable bonds is 1. The predicted octanol–water partition coefficient (Wildman–Crippen LogP) is 4.28. The van der Waals surface area contributed by atoms with Crippen LogP contribution in [0.3, 0.4) is 0 Å². The van der Waals surface area contributed by atoms with Crippen molar-refractivity contribution in [1.82, 2.24) is 0 Å². The quantitative estimate of drug-likeness (QED) is 0.851. The Hall–Kier alpha value is -2.75. The molecule has 0 aromatic heterocycles. The van der Waals surface area contributed by atoms with Crippen molar-refractivity contribution in [1.29, 1.82) is 0 Å². The van der Waals surface area contributed by atoms with Crippen molar-refractivity contribution in [3.05, 3.63) is 59.2 Å². The van der Waals surface area contributed by atoms with Crippen LogP contribution in [-0.4, -0.2) is 16.5 Å². The van der Waals surface area contributed by atoms with E-state index in [0.29, 0.717) is 17.1 Å². The summed E-state index contributed by atoms with van der Waals surface area (Å²) in [7, 11) is 0. The van der Waals surface area contributed by atoms with Crippen LogP contribution in [-0.2, 0) is 0 Å². The molecule has 0 fully saturated rings. The van der Waals surface area contributed by atoms with Crippen LogP contribution in [0.1, 0.15) is 47.9 Å². The van der Waals surface area contributed by atoms with Gasteiger partial charge in [0.1, 0.15) is 34.5 Å². The van der Waals surface area contributed by atoms with Crippen molar-refractivity contribution in [3.8, 4) is 17.2 Å². The van der Waals surface area contributed by atoms with Crippen molar-refractivity contribution in [2.24, 2.45) is 0 Å². The van der Waals surface area contributed by atoms with E-state index in [1.54, 1.807) is 0 Å². The minimum Gasteiger partial charge on any atom is -0.507 e. The maximum atomic E-state index is 12.6. The van der Waals surface area contributed by atoms with E-state index >= 15 is 0 Å². The molecule has 0 aliphatic carbocycles. The lowest BCUT2D eigenvalue weighted by molar-refractivity contribution is 0.0841. The fourth-order valence-electron chi connectivity index (χ4n) is 3.18. The van der Waals surface area contributed by atoms with Gasteiger partial charge in [-0.2, -0.15) is 0 Å². The SMILES string of the molecule is CC1(C)C=Cc2c(cc(O)c3c2OC(c2ccccc2)CC3=O)O1. The summed E-state index contributed by atoms with van der Waals surface area (Å²) >= 11 is 0. The summed E-state index contributed by atoms with van der Waals surface area (Å²) < 4.78 is 12.0. The van der Waals surface area contributed by atoms with Crippen molar-refractivity contribution in [2.45, 2.75) is 32.0 Å². The van der Waals surface area contributed by atoms with Crippen LogP contribution in [0.5, 0.6) is 17.2 Å². The molecule has 2 aliphatic rings. The molecule has 0 radical (unpaired) electrons. The number of benzene rings is 2. The first-order valence-corrected chi connectivity index (χ1v) is 7.97. The second kappa shape index (κ2) is 5.13. The molecule has 1 atom stereocenters. The minimum atomic E-state index is -0.467. The Labute approximate surface area is 140 Å². The average Bonchev–Trinajstić information content (AvgIpc) is 2.54. The number of hydrogen-bond acceptors (Lipinski definition) is 4.